The molecular formula is C10H18O. The lowest BCUT2D eigenvalue weighted by Gasteiger charge is -2.43. The van der Waals surface area contributed by atoms with E-state index in [0.717, 1.165) is 19.3 Å². The molecule has 1 unspecified atom stereocenters. The SMILES string of the molecule is CCCC(=O)C1CCC1(C)C. The summed E-state index contributed by atoms with van der Waals surface area (Å²) in [6.45, 7) is 6.48. The van der Waals surface area contributed by atoms with Crippen molar-refractivity contribution in [3.05, 3.63) is 0 Å². The van der Waals surface area contributed by atoms with Crippen LogP contribution in [0, 0.1) is 11.3 Å². The van der Waals surface area contributed by atoms with Crippen LogP contribution in [0.4, 0.5) is 0 Å². The molecule has 0 aliphatic heterocycles. The summed E-state index contributed by atoms with van der Waals surface area (Å²) in [6, 6.07) is 0. The second-order valence-corrected chi connectivity index (χ2v) is 4.30. The summed E-state index contributed by atoms with van der Waals surface area (Å²) in [5.74, 6) is 0.867. The molecule has 0 spiro atoms. The predicted octanol–water partition coefficient (Wildman–Crippen LogP) is 2.79. The Morgan fingerprint density at radius 1 is 1.55 bits per heavy atom. The van der Waals surface area contributed by atoms with Gasteiger partial charge in [0, 0.05) is 12.3 Å². The first-order chi connectivity index (χ1) is 5.08. The zero-order valence-corrected chi connectivity index (χ0v) is 7.81. The molecule has 0 aromatic rings. The molecule has 0 saturated heterocycles. The van der Waals surface area contributed by atoms with Gasteiger partial charge in [-0.15, -0.1) is 0 Å². The molecule has 1 saturated carbocycles. The molecule has 0 aromatic heterocycles. The van der Waals surface area contributed by atoms with Gasteiger partial charge in [-0.25, -0.2) is 0 Å². The van der Waals surface area contributed by atoms with Crippen LogP contribution in [0.25, 0.3) is 0 Å². The van der Waals surface area contributed by atoms with Crippen LogP contribution in [-0.2, 0) is 4.79 Å². The second-order valence-electron chi connectivity index (χ2n) is 4.30. The third-order valence-electron chi connectivity index (χ3n) is 2.91. The van der Waals surface area contributed by atoms with Crippen molar-refractivity contribution in [3.63, 3.8) is 0 Å². The zero-order chi connectivity index (χ0) is 8.48. The fraction of sp³-hybridized carbons (Fsp3) is 0.900. The molecule has 0 aromatic carbocycles. The maximum atomic E-state index is 11.4. The molecule has 1 fully saturated rings. The first-order valence-electron chi connectivity index (χ1n) is 4.60. The fourth-order valence-electron chi connectivity index (χ4n) is 1.88. The lowest BCUT2D eigenvalue weighted by molar-refractivity contribution is -0.131. The molecule has 1 nitrogen and oxygen atoms in total. The largest absolute Gasteiger partial charge is 0.299 e. The van der Waals surface area contributed by atoms with E-state index in [4.69, 9.17) is 0 Å². The highest BCUT2D eigenvalue weighted by atomic mass is 16.1. The van der Waals surface area contributed by atoms with Gasteiger partial charge >= 0.3 is 0 Å². The highest BCUT2D eigenvalue weighted by Gasteiger charge is 2.42. The molecule has 0 bridgehead atoms. The zero-order valence-electron chi connectivity index (χ0n) is 7.81. The van der Waals surface area contributed by atoms with E-state index in [2.05, 4.69) is 20.8 Å². The van der Waals surface area contributed by atoms with Gasteiger partial charge in [0.15, 0.2) is 0 Å². The first-order valence-corrected chi connectivity index (χ1v) is 4.60. The normalized spacial score (nSPS) is 27.7. The topological polar surface area (TPSA) is 17.1 Å². The summed E-state index contributed by atoms with van der Waals surface area (Å²) in [5, 5.41) is 0. The van der Waals surface area contributed by atoms with Crippen molar-refractivity contribution in [1.82, 2.24) is 0 Å². The average Bonchev–Trinajstić information content (AvgIpc) is 1.86. The minimum atomic E-state index is 0.312. The van der Waals surface area contributed by atoms with Crippen LogP contribution in [-0.4, -0.2) is 5.78 Å². The molecule has 1 aliphatic carbocycles. The number of hydrogen-bond donors (Lipinski definition) is 0. The van der Waals surface area contributed by atoms with Crippen LogP contribution in [0.15, 0.2) is 0 Å². The van der Waals surface area contributed by atoms with Gasteiger partial charge in [-0.3, -0.25) is 4.79 Å². The van der Waals surface area contributed by atoms with Gasteiger partial charge in [-0.1, -0.05) is 20.8 Å². The van der Waals surface area contributed by atoms with E-state index in [1.807, 2.05) is 0 Å². The smallest absolute Gasteiger partial charge is 0.136 e. The molecule has 1 rings (SSSR count). The van der Waals surface area contributed by atoms with Gasteiger partial charge < -0.3 is 0 Å². The summed E-state index contributed by atoms with van der Waals surface area (Å²) >= 11 is 0. The fourth-order valence-corrected chi connectivity index (χ4v) is 1.88. The van der Waals surface area contributed by atoms with Crippen molar-refractivity contribution in [2.75, 3.05) is 0 Å². The Morgan fingerprint density at radius 3 is 2.45 bits per heavy atom. The Morgan fingerprint density at radius 2 is 2.18 bits per heavy atom. The highest BCUT2D eigenvalue weighted by molar-refractivity contribution is 5.82. The van der Waals surface area contributed by atoms with Crippen LogP contribution >= 0.6 is 0 Å². The summed E-state index contributed by atoms with van der Waals surface area (Å²) < 4.78 is 0. The van der Waals surface area contributed by atoms with Gasteiger partial charge in [0.05, 0.1) is 0 Å². The minimum Gasteiger partial charge on any atom is -0.299 e. The molecular weight excluding hydrogens is 136 g/mol. The Hall–Kier alpha value is -0.330. The molecule has 0 amide bonds. The number of ketones is 1. The quantitative estimate of drug-likeness (QED) is 0.611. The van der Waals surface area contributed by atoms with Crippen molar-refractivity contribution in [2.24, 2.45) is 11.3 Å². The number of carbonyl (C=O) groups is 1. The van der Waals surface area contributed by atoms with Crippen molar-refractivity contribution >= 4 is 5.78 Å². The number of carbonyl (C=O) groups excluding carboxylic acids is 1. The van der Waals surface area contributed by atoms with Crippen LogP contribution in [0.2, 0.25) is 0 Å². The van der Waals surface area contributed by atoms with Crippen LogP contribution in [0.5, 0.6) is 0 Å². The van der Waals surface area contributed by atoms with Crippen LogP contribution < -0.4 is 0 Å². The van der Waals surface area contributed by atoms with E-state index in [1.54, 1.807) is 0 Å². The second kappa shape index (κ2) is 2.96. The van der Waals surface area contributed by atoms with Crippen LogP contribution in [0.1, 0.15) is 46.5 Å². The van der Waals surface area contributed by atoms with E-state index in [9.17, 15) is 4.79 Å². The maximum Gasteiger partial charge on any atom is 0.136 e. The molecule has 0 heterocycles. The lowest BCUT2D eigenvalue weighted by Crippen LogP contribution is -2.40. The Balaban J connectivity index is 2.43. The number of hydrogen-bond acceptors (Lipinski definition) is 1. The summed E-state index contributed by atoms with van der Waals surface area (Å²) in [7, 11) is 0. The van der Waals surface area contributed by atoms with Gasteiger partial charge in [-0.2, -0.15) is 0 Å². The van der Waals surface area contributed by atoms with Gasteiger partial charge in [0.2, 0.25) is 0 Å². The number of Topliss-reactive ketones (excluding diaryl/α,β-unsaturated/α-hetero) is 1. The van der Waals surface area contributed by atoms with E-state index >= 15 is 0 Å². The first kappa shape index (κ1) is 8.76. The van der Waals surface area contributed by atoms with Gasteiger partial charge in [-0.05, 0) is 24.7 Å². The van der Waals surface area contributed by atoms with E-state index in [-0.39, 0.29) is 0 Å². The third kappa shape index (κ3) is 1.63. The Labute approximate surface area is 69.2 Å². The van der Waals surface area contributed by atoms with Crippen LogP contribution in [0.3, 0.4) is 0 Å². The van der Waals surface area contributed by atoms with Crippen molar-refractivity contribution in [3.8, 4) is 0 Å². The molecule has 1 atom stereocenters. The highest BCUT2D eigenvalue weighted by Crippen LogP contribution is 2.46. The third-order valence-corrected chi connectivity index (χ3v) is 2.91. The maximum absolute atomic E-state index is 11.4. The monoisotopic (exact) mass is 154 g/mol. The van der Waals surface area contributed by atoms with Gasteiger partial charge in [0.1, 0.15) is 5.78 Å². The minimum absolute atomic E-state index is 0.312. The molecule has 64 valence electrons. The molecule has 1 aliphatic rings. The van der Waals surface area contributed by atoms with E-state index in [0.29, 0.717) is 17.1 Å². The molecule has 0 radical (unpaired) electrons. The van der Waals surface area contributed by atoms with Crippen molar-refractivity contribution in [2.45, 2.75) is 46.5 Å². The summed E-state index contributed by atoms with van der Waals surface area (Å²) in [6.07, 6.45) is 4.15. The summed E-state index contributed by atoms with van der Waals surface area (Å²) in [4.78, 5) is 11.4. The van der Waals surface area contributed by atoms with Crippen molar-refractivity contribution < 1.29 is 4.79 Å². The van der Waals surface area contributed by atoms with Crippen molar-refractivity contribution in [1.29, 1.82) is 0 Å². The average molecular weight is 154 g/mol. The van der Waals surface area contributed by atoms with Gasteiger partial charge in [0.25, 0.3) is 0 Å². The molecule has 11 heavy (non-hydrogen) atoms. The van der Waals surface area contributed by atoms with E-state index < -0.39 is 0 Å². The standard InChI is InChI=1S/C10H18O/c1-4-5-9(11)8-6-7-10(8,2)3/h8H,4-7H2,1-3H3. The lowest BCUT2D eigenvalue weighted by atomic mass is 9.60. The molecule has 0 N–H and O–H groups in total. The Bertz CT molecular complexity index is 158. The number of rotatable bonds is 3. The Kier molecular flexibility index (Phi) is 2.36. The predicted molar refractivity (Wildman–Crippen MR) is 46.4 cm³/mol. The molecule has 1 heteroatoms. The summed E-state index contributed by atoms with van der Waals surface area (Å²) in [5.41, 5.74) is 0.312. The van der Waals surface area contributed by atoms with E-state index in [1.165, 1.54) is 6.42 Å².